The number of ether oxygens (including phenoxy) is 1. The number of benzene rings is 1. The quantitative estimate of drug-likeness (QED) is 0.779. The van der Waals surface area contributed by atoms with Crippen molar-refractivity contribution in [1.82, 2.24) is 4.90 Å². The van der Waals surface area contributed by atoms with Gasteiger partial charge in [-0.3, -0.25) is 4.90 Å². The van der Waals surface area contributed by atoms with Crippen molar-refractivity contribution >= 4 is 27.3 Å². The molecule has 0 saturated carbocycles. The molecule has 0 spiro atoms. The van der Waals surface area contributed by atoms with E-state index in [9.17, 15) is 0 Å². The van der Waals surface area contributed by atoms with Gasteiger partial charge in [0.05, 0.1) is 10.9 Å². The molecule has 0 bridgehead atoms. The smallest absolute Gasteiger partial charge is 0.118 e. The Labute approximate surface area is 132 Å². The van der Waals surface area contributed by atoms with E-state index >= 15 is 0 Å². The van der Waals surface area contributed by atoms with Crippen molar-refractivity contribution in [3.63, 3.8) is 0 Å². The fourth-order valence-corrected chi connectivity index (χ4v) is 4.36. The van der Waals surface area contributed by atoms with E-state index in [0.29, 0.717) is 6.04 Å². The first-order valence-corrected chi connectivity index (χ1v) is 8.49. The molecule has 1 aliphatic heterocycles. The molecule has 4 heteroatoms. The van der Waals surface area contributed by atoms with Crippen molar-refractivity contribution in [1.29, 1.82) is 0 Å². The topological polar surface area (TPSA) is 12.5 Å². The zero-order valence-electron chi connectivity index (χ0n) is 11.5. The lowest BCUT2D eigenvalue weighted by Gasteiger charge is -2.24. The Morgan fingerprint density at radius 3 is 2.70 bits per heavy atom. The predicted molar refractivity (Wildman–Crippen MR) is 87.4 cm³/mol. The van der Waals surface area contributed by atoms with Crippen LogP contribution >= 0.6 is 27.3 Å². The van der Waals surface area contributed by atoms with Gasteiger partial charge in [0, 0.05) is 17.5 Å². The Morgan fingerprint density at radius 1 is 1.25 bits per heavy atom. The summed E-state index contributed by atoms with van der Waals surface area (Å²) in [6, 6.07) is 13.4. The van der Waals surface area contributed by atoms with Crippen molar-refractivity contribution < 1.29 is 4.74 Å². The number of methoxy groups -OCH3 is 1. The van der Waals surface area contributed by atoms with Crippen LogP contribution in [-0.4, -0.2) is 18.6 Å². The molecule has 0 aliphatic carbocycles. The number of rotatable bonds is 4. The van der Waals surface area contributed by atoms with Crippen molar-refractivity contribution in [2.24, 2.45) is 0 Å². The Bertz CT molecular complexity index is 566. The Kier molecular flexibility index (Phi) is 4.44. The molecule has 0 N–H and O–H groups in total. The molecule has 2 aromatic rings. The first-order valence-electron chi connectivity index (χ1n) is 6.88. The van der Waals surface area contributed by atoms with Crippen LogP contribution in [0.4, 0.5) is 0 Å². The lowest BCUT2D eigenvalue weighted by atomic mass is 10.0. The molecule has 0 amide bonds. The maximum absolute atomic E-state index is 5.24. The summed E-state index contributed by atoms with van der Waals surface area (Å²) in [5, 5.41) is 0. The van der Waals surface area contributed by atoms with Crippen LogP contribution in [0.25, 0.3) is 0 Å². The lowest BCUT2D eigenvalue weighted by Crippen LogP contribution is -2.22. The average molecular weight is 352 g/mol. The molecule has 1 fully saturated rings. The second-order valence-electron chi connectivity index (χ2n) is 5.11. The Hall–Kier alpha value is -0.840. The molecular weight excluding hydrogens is 334 g/mol. The first-order chi connectivity index (χ1) is 9.76. The van der Waals surface area contributed by atoms with Crippen molar-refractivity contribution in [3.05, 3.63) is 50.6 Å². The molecular formula is C16H18BrNOS. The molecule has 3 rings (SSSR count). The highest BCUT2D eigenvalue weighted by atomic mass is 79.9. The maximum atomic E-state index is 5.24. The molecule has 20 heavy (non-hydrogen) atoms. The summed E-state index contributed by atoms with van der Waals surface area (Å²) in [7, 11) is 1.71. The highest BCUT2D eigenvalue weighted by Gasteiger charge is 2.26. The third kappa shape index (κ3) is 3.08. The number of hydrogen-bond acceptors (Lipinski definition) is 3. The summed E-state index contributed by atoms with van der Waals surface area (Å²) in [6.45, 7) is 2.24. The predicted octanol–water partition coefficient (Wildman–Crippen LogP) is 4.86. The minimum absolute atomic E-state index is 0.543. The van der Waals surface area contributed by atoms with Gasteiger partial charge in [-0.1, -0.05) is 12.1 Å². The van der Waals surface area contributed by atoms with E-state index in [1.54, 1.807) is 7.11 Å². The van der Waals surface area contributed by atoms with E-state index in [4.69, 9.17) is 4.74 Å². The van der Waals surface area contributed by atoms with Gasteiger partial charge in [0.15, 0.2) is 0 Å². The van der Waals surface area contributed by atoms with E-state index in [0.717, 1.165) is 12.3 Å². The third-order valence-corrected chi connectivity index (χ3v) is 5.46. The van der Waals surface area contributed by atoms with E-state index in [1.165, 1.54) is 33.6 Å². The van der Waals surface area contributed by atoms with E-state index in [2.05, 4.69) is 57.2 Å². The second kappa shape index (κ2) is 6.29. The van der Waals surface area contributed by atoms with Crippen LogP contribution in [0.2, 0.25) is 0 Å². The minimum atomic E-state index is 0.543. The molecule has 0 unspecified atom stereocenters. The standard InChI is InChI=1S/C16H18BrNOS/c1-19-13-6-4-12(5-7-13)15-3-2-10-18(15)11-14-8-9-16(17)20-14/h4-9,15H,2-3,10-11H2,1H3/t15-/m1/s1. The third-order valence-electron chi connectivity index (χ3n) is 3.85. The van der Waals surface area contributed by atoms with Crippen LogP contribution in [0.15, 0.2) is 40.2 Å². The summed E-state index contributed by atoms with van der Waals surface area (Å²) in [4.78, 5) is 4.01. The van der Waals surface area contributed by atoms with Gasteiger partial charge in [0.1, 0.15) is 5.75 Å². The zero-order valence-corrected chi connectivity index (χ0v) is 13.9. The summed E-state index contributed by atoms with van der Waals surface area (Å²) in [5.41, 5.74) is 1.40. The summed E-state index contributed by atoms with van der Waals surface area (Å²) in [5.74, 6) is 0.931. The monoisotopic (exact) mass is 351 g/mol. The second-order valence-corrected chi connectivity index (χ2v) is 7.66. The SMILES string of the molecule is COc1ccc([C@H]2CCCN2Cc2ccc(Br)s2)cc1. The molecule has 2 nitrogen and oxygen atoms in total. The Balaban J connectivity index is 1.74. The largest absolute Gasteiger partial charge is 0.497 e. The fraction of sp³-hybridized carbons (Fsp3) is 0.375. The minimum Gasteiger partial charge on any atom is -0.497 e. The van der Waals surface area contributed by atoms with Gasteiger partial charge in [-0.2, -0.15) is 0 Å². The van der Waals surface area contributed by atoms with E-state index in [-0.39, 0.29) is 0 Å². The van der Waals surface area contributed by atoms with Crippen LogP contribution in [0.3, 0.4) is 0 Å². The van der Waals surface area contributed by atoms with Gasteiger partial charge in [-0.05, 0) is 65.1 Å². The molecule has 1 aliphatic rings. The normalized spacial score (nSPS) is 19.4. The molecule has 1 atom stereocenters. The molecule has 0 radical (unpaired) electrons. The fourth-order valence-electron chi connectivity index (χ4n) is 2.86. The van der Waals surface area contributed by atoms with E-state index in [1.807, 2.05) is 11.3 Å². The molecule has 106 valence electrons. The van der Waals surface area contributed by atoms with Crippen LogP contribution in [-0.2, 0) is 6.54 Å². The van der Waals surface area contributed by atoms with E-state index < -0.39 is 0 Å². The van der Waals surface area contributed by atoms with Gasteiger partial charge in [0.2, 0.25) is 0 Å². The van der Waals surface area contributed by atoms with Gasteiger partial charge in [0.25, 0.3) is 0 Å². The van der Waals surface area contributed by atoms with Crippen LogP contribution < -0.4 is 4.74 Å². The van der Waals surface area contributed by atoms with Gasteiger partial charge < -0.3 is 4.74 Å². The lowest BCUT2D eigenvalue weighted by molar-refractivity contribution is 0.250. The summed E-state index contributed by atoms with van der Waals surface area (Å²) in [6.07, 6.45) is 2.53. The van der Waals surface area contributed by atoms with Crippen molar-refractivity contribution in [3.8, 4) is 5.75 Å². The highest BCUT2D eigenvalue weighted by Crippen LogP contribution is 2.35. The zero-order chi connectivity index (χ0) is 13.9. The van der Waals surface area contributed by atoms with Gasteiger partial charge in [-0.25, -0.2) is 0 Å². The summed E-state index contributed by atoms with van der Waals surface area (Å²) >= 11 is 5.38. The first kappa shape index (κ1) is 14.1. The number of halogens is 1. The van der Waals surface area contributed by atoms with Gasteiger partial charge >= 0.3 is 0 Å². The van der Waals surface area contributed by atoms with Crippen molar-refractivity contribution in [2.75, 3.05) is 13.7 Å². The number of likely N-dealkylation sites (tertiary alicyclic amines) is 1. The number of thiophene rings is 1. The van der Waals surface area contributed by atoms with Gasteiger partial charge in [-0.15, -0.1) is 11.3 Å². The number of nitrogens with zero attached hydrogens (tertiary/aromatic N) is 1. The van der Waals surface area contributed by atoms with Crippen LogP contribution in [0.1, 0.15) is 29.3 Å². The molecule has 1 aromatic heterocycles. The van der Waals surface area contributed by atoms with Crippen molar-refractivity contribution in [2.45, 2.75) is 25.4 Å². The Morgan fingerprint density at radius 2 is 2.05 bits per heavy atom. The highest BCUT2D eigenvalue weighted by molar-refractivity contribution is 9.11. The number of hydrogen-bond donors (Lipinski definition) is 0. The molecule has 2 heterocycles. The molecule has 1 saturated heterocycles. The van der Waals surface area contributed by atoms with Crippen LogP contribution in [0, 0.1) is 0 Å². The maximum Gasteiger partial charge on any atom is 0.118 e. The summed E-state index contributed by atoms with van der Waals surface area (Å²) < 4.78 is 6.46. The average Bonchev–Trinajstić information content (AvgIpc) is 3.09. The molecule has 1 aromatic carbocycles. The van der Waals surface area contributed by atoms with Crippen LogP contribution in [0.5, 0.6) is 5.75 Å².